The summed E-state index contributed by atoms with van der Waals surface area (Å²) < 4.78 is 10.7. The van der Waals surface area contributed by atoms with Gasteiger partial charge in [0, 0.05) is 15.9 Å². The van der Waals surface area contributed by atoms with Gasteiger partial charge in [0.05, 0.1) is 17.5 Å². The molecule has 148 valence electrons. The summed E-state index contributed by atoms with van der Waals surface area (Å²) in [5.74, 6) is -1.10. The number of thioether (sulfide) groups is 2. The van der Waals surface area contributed by atoms with Crippen molar-refractivity contribution >= 4 is 35.5 Å². The van der Waals surface area contributed by atoms with Crippen molar-refractivity contribution in [2.75, 3.05) is 13.2 Å². The van der Waals surface area contributed by atoms with Gasteiger partial charge < -0.3 is 9.47 Å². The van der Waals surface area contributed by atoms with Gasteiger partial charge in [0.15, 0.2) is 5.57 Å². The maximum absolute atomic E-state index is 12.3. The quantitative estimate of drug-likeness (QED) is 0.268. The van der Waals surface area contributed by atoms with Crippen molar-refractivity contribution in [3.63, 3.8) is 0 Å². The Balaban J connectivity index is 1.94. The van der Waals surface area contributed by atoms with Crippen LogP contribution in [-0.4, -0.2) is 25.2 Å². The molecule has 28 heavy (non-hydrogen) atoms. The fourth-order valence-electron chi connectivity index (χ4n) is 2.31. The lowest BCUT2D eigenvalue weighted by molar-refractivity contribution is -0.140. The molecule has 5 nitrogen and oxygen atoms in total. The molecule has 1 aliphatic rings. The van der Waals surface area contributed by atoms with Crippen LogP contribution >= 0.6 is 23.5 Å². The van der Waals surface area contributed by atoms with Gasteiger partial charge in [-0.05, 0) is 36.0 Å². The molecule has 0 N–H and O–H groups in total. The van der Waals surface area contributed by atoms with Gasteiger partial charge in [0.1, 0.15) is 6.07 Å². The van der Waals surface area contributed by atoms with Gasteiger partial charge in [0.2, 0.25) is 0 Å². The van der Waals surface area contributed by atoms with Gasteiger partial charge in [-0.1, -0.05) is 56.9 Å². The van der Waals surface area contributed by atoms with Crippen LogP contribution in [0.1, 0.15) is 39.2 Å². The van der Waals surface area contributed by atoms with E-state index in [1.807, 2.05) is 12.1 Å². The predicted octanol–water partition coefficient (Wildman–Crippen LogP) is 4.97. The Morgan fingerprint density at radius 2 is 1.79 bits per heavy atom. The number of hydrogen-bond acceptors (Lipinski definition) is 7. The van der Waals surface area contributed by atoms with E-state index in [1.165, 1.54) is 29.1 Å². The summed E-state index contributed by atoms with van der Waals surface area (Å²) in [5.41, 5.74) is 1.27. The minimum Gasteiger partial charge on any atom is -0.463 e. The average molecular weight is 418 g/mol. The molecule has 0 spiro atoms. The third kappa shape index (κ3) is 5.91. The first kappa shape index (κ1) is 22.1. The number of unbranched alkanes of at least 4 members (excludes halogenated alkanes) is 1. The van der Waals surface area contributed by atoms with Crippen LogP contribution in [0.15, 0.2) is 50.5 Å². The Hall–Kier alpha value is -2.17. The number of esters is 2. The largest absolute Gasteiger partial charge is 0.463 e. The fourth-order valence-corrected chi connectivity index (χ4v) is 4.78. The van der Waals surface area contributed by atoms with Crippen LogP contribution < -0.4 is 0 Å². The Bertz CT molecular complexity index is 847. The predicted molar refractivity (Wildman–Crippen MR) is 111 cm³/mol. The molecule has 0 bridgehead atoms. The fraction of sp³-hybridized carbons (Fsp3) is 0.381. The van der Waals surface area contributed by atoms with Crippen LogP contribution in [0.5, 0.6) is 0 Å². The van der Waals surface area contributed by atoms with Gasteiger partial charge in [-0.25, -0.2) is 9.59 Å². The zero-order chi connectivity index (χ0) is 20.7. The molecule has 0 unspecified atom stereocenters. The lowest BCUT2D eigenvalue weighted by atomic mass is 9.87. The second-order valence-electron chi connectivity index (χ2n) is 7.10. The van der Waals surface area contributed by atoms with Gasteiger partial charge in [-0.15, -0.1) is 0 Å². The Labute approximate surface area is 174 Å². The number of hydrogen-bond donors (Lipinski definition) is 0. The molecule has 0 amide bonds. The number of rotatable bonds is 7. The molecule has 0 atom stereocenters. The number of fused-ring (bicyclic) bond motifs is 1. The minimum atomic E-state index is -0.621. The first-order valence-electron chi connectivity index (χ1n) is 8.87. The lowest BCUT2D eigenvalue weighted by Crippen LogP contribution is -2.10. The summed E-state index contributed by atoms with van der Waals surface area (Å²) >= 11 is 2.85. The average Bonchev–Trinajstić information content (AvgIpc) is 3.06. The lowest BCUT2D eigenvalue weighted by Gasteiger charge is -2.19. The van der Waals surface area contributed by atoms with E-state index in [-0.39, 0.29) is 24.2 Å². The summed E-state index contributed by atoms with van der Waals surface area (Å²) in [6, 6.07) is 8.21. The number of carbonyl (C=O) groups is 2. The SMILES string of the molecule is C=CC(=O)OCCCCOC(=O)/C(C#N)=C1\Sc2ccc(C(C)(C)C)cc2S1. The molecular weight excluding hydrogens is 394 g/mol. The van der Waals surface area contributed by atoms with Crippen LogP contribution in [-0.2, 0) is 24.5 Å². The minimum absolute atomic E-state index is 0.0293. The van der Waals surface area contributed by atoms with Crippen molar-refractivity contribution in [3.05, 3.63) is 46.2 Å². The second kappa shape index (κ2) is 9.85. The smallest absolute Gasteiger partial charge is 0.350 e. The number of carbonyl (C=O) groups excluding carboxylic acids is 2. The van der Waals surface area contributed by atoms with Crippen LogP contribution in [0.3, 0.4) is 0 Å². The molecule has 0 fully saturated rings. The van der Waals surface area contributed by atoms with Crippen LogP contribution in [0.4, 0.5) is 0 Å². The topological polar surface area (TPSA) is 76.4 Å². The molecule has 1 aromatic rings. The van der Waals surface area contributed by atoms with Crippen molar-refractivity contribution in [1.82, 2.24) is 0 Å². The molecule has 0 saturated carbocycles. The van der Waals surface area contributed by atoms with E-state index in [4.69, 9.17) is 9.47 Å². The van der Waals surface area contributed by atoms with E-state index < -0.39 is 11.9 Å². The second-order valence-corrected chi connectivity index (χ2v) is 9.47. The molecule has 0 aliphatic carbocycles. The van der Waals surface area contributed by atoms with E-state index in [0.29, 0.717) is 17.1 Å². The number of ether oxygens (including phenoxy) is 2. The van der Waals surface area contributed by atoms with Crippen molar-refractivity contribution in [2.45, 2.75) is 48.8 Å². The highest BCUT2D eigenvalue weighted by atomic mass is 32.2. The monoisotopic (exact) mass is 417 g/mol. The summed E-state index contributed by atoms with van der Waals surface area (Å²) in [6.07, 6.45) is 2.21. The zero-order valence-corrected chi connectivity index (χ0v) is 17.9. The highest BCUT2D eigenvalue weighted by Gasteiger charge is 2.27. The Morgan fingerprint density at radius 1 is 1.14 bits per heavy atom. The summed E-state index contributed by atoms with van der Waals surface area (Å²) in [7, 11) is 0. The maximum Gasteiger partial charge on any atom is 0.350 e. The third-order valence-corrected chi connectivity index (χ3v) is 6.46. The molecular formula is C21H23NO4S2. The highest BCUT2D eigenvalue weighted by molar-refractivity contribution is 8.24. The zero-order valence-electron chi connectivity index (χ0n) is 16.2. The highest BCUT2D eigenvalue weighted by Crippen LogP contribution is 2.53. The van der Waals surface area contributed by atoms with E-state index in [0.717, 1.165) is 15.9 Å². The Morgan fingerprint density at radius 3 is 2.39 bits per heavy atom. The van der Waals surface area contributed by atoms with Gasteiger partial charge >= 0.3 is 11.9 Å². The first-order chi connectivity index (χ1) is 13.3. The van der Waals surface area contributed by atoms with Crippen LogP contribution in [0.2, 0.25) is 0 Å². The van der Waals surface area contributed by atoms with Crippen LogP contribution in [0, 0.1) is 11.3 Å². The molecule has 1 aliphatic heterocycles. The number of benzene rings is 1. The molecule has 0 radical (unpaired) electrons. The van der Waals surface area contributed by atoms with Crippen molar-refractivity contribution in [2.24, 2.45) is 0 Å². The first-order valence-corrected chi connectivity index (χ1v) is 10.5. The van der Waals surface area contributed by atoms with Gasteiger partial charge in [-0.2, -0.15) is 5.26 Å². The van der Waals surface area contributed by atoms with E-state index in [1.54, 1.807) is 0 Å². The Kier molecular flexibility index (Phi) is 7.78. The standard InChI is InChI=1S/C21H23NO4S2/c1-5-18(23)25-10-6-7-11-26-19(24)15(13-22)20-27-16-9-8-14(21(2,3)4)12-17(16)28-20/h5,8-9,12H,1,6-7,10-11H2,2-4H3/b20-15+. The molecule has 7 heteroatoms. The van der Waals surface area contributed by atoms with Crippen LogP contribution in [0.25, 0.3) is 0 Å². The van der Waals surface area contributed by atoms with Crippen molar-refractivity contribution in [3.8, 4) is 6.07 Å². The summed E-state index contributed by atoms with van der Waals surface area (Å²) in [4.78, 5) is 25.3. The molecule has 1 aromatic carbocycles. The van der Waals surface area contributed by atoms with Crippen molar-refractivity contribution in [1.29, 1.82) is 5.26 Å². The third-order valence-electron chi connectivity index (χ3n) is 3.92. The maximum atomic E-state index is 12.3. The molecule has 0 aromatic heterocycles. The molecule has 1 heterocycles. The van der Waals surface area contributed by atoms with E-state index in [2.05, 4.69) is 39.5 Å². The normalized spacial score (nSPS) is 14.6. The number of nitrogens with zero attached hydrogens (tertiary/aromatic N) is 1. The summed E-state index contributed by atoms with van der Waals surface area (Å²) in [5, 5.41) is 9.45. The van der Waals surface area contributed by atoms with Gasteiger partial charge in [0.25, 0.3) is 0 Å². The molecule has 0 saturated heterocycles. The van der Waals surface area contributed by atoms with Crippen molar-refractivity contribution < 1.29 is 19.1 Å². The van der Waals surface area contributed by atoms with E-state index >= 15 is 0 Å². The van der Waals surface area contributed by atoms with Gasteiger partial charge in [-0.3, -0.25) is 0 Å². The van der Waals surface area contributed by atoms with E-state index in [9.17, 15) is 14.9 Å². The molecule has 2 rings (SSSR count). The number of nitriles is 1. The summed E-state index contributed by atoms with van der Waals surface area (Å²) in [6.45, 7) is 10.2.